The molecule has 1 amide bonds. The van der Waals surface area contributed by atoms with Crippen molar-refractivity contribution in [1.29, 1.82) is 0 Å². The van der Waals surface area contributed by atoms with Gasteiger partial charge in [-0.2, -0.15) is 0 Å². The second-order valence-corrected chi connectivity index (χ2v) is 5.13. The molecule has 2 rings (SSSR count). The summed E-state index contributed by atoms with van der Waals surface area (Å²) in [4.78, 5) is 16.0. The van der Waals surface area contributed by atoms with E-state index in [4.69, 9.17) is 23.2 Å². The second kappa shape index (κ2) is 5.69. The van der Waals surface area contributed by atoms with Crippen LogP contribution in [0.25, 0.3) is 0 Å². The van der Waals surface area contributed by atoms with Crippen LogP contribution in [0.5, 0.6) is 0 Å². The Kier molecular flexibility index (Phi) is 4.22. The molecule has 0 aliphatic carbocycles. The third kappa shape index (κ3) is 3.22. The molecule has 0 aliphatic heterocycles. The van der Waals surface area contributed by atoms with Crippen molar-refractivity contribution in [1.82, 2.24) is 4.98 Å². The van der Waals surface area contributed by atoms with Crippen LogP contribution in [0.15, 0.2) is 40.9 Å². The zero-order chi connectivity index (χ0) is 13.1. The van der Waals surface area contributed by atoms with Gasteiger partial charge in [0.05, 0.1) is 10.6 Å². The lowest BCUT2D eigenvalue weighted by molar-refractivity contribution is 0.102. The monoisotopic (exact) mass is 344 g/mol. The summed E-state index contributed by atoms with van der Waals surface area (Å²) >= 11 is 15.0. The number of aromatic nitrogens is 1. The van der Waals surface area contributed by atoms with E-state index in [9.17, 15) is 4.79 Å². The van der Waals surface area contributed by atoms with Crippen molar-refractivity contribution in [2.24, 2.45) is 0 Å². The molecule has 0 spiro atoms. The lowest BCUT2D eigenvalue weighted by Crippen LogP contribution is -2.13. The summed E-state index contributed by atoms with van der Waals surface area (Å²) in [5.41, 5.74) is 0.368. The van der Waals surface area contributed by atoms with Crippen LogP contribution in [-0.4, -0.2) is 10.9 Å². The largest absolute Gasteiger partial charge is 0.306 e. The Morgan fingerprint density at radius 2 is 2.00 bits per heavy atom. The fourth-order valence-corrected chi connectivity index (χ4v) is 2.06. The van der Waals surface area contributed by atoms with E-state index in [1.807, 2.05) is 0 Å². The lowest BCUT2D eigenvalue weighted by Gasteiger charge is -2.06. The van der Waals surface area contributed by atoms with Gasteiger partial charge in [-0.3, -0.25) is 4.79 Å². The molecule has 2 aromatic rings. The summed E-state index contributed by atoms with van der Waals surface area (Å²) in [5.74, 6) is 0.0413. The number of anilines is 1. The van der Waals surface area contributed by atoms with E-state index in [-0.39, 0.29) is 5.91 Å². The molecule has 0 saturated heterocycles. The van der Waals surface area contributed by atoms with Crippen molar-refractivity contribution >= 4 is 50.9 Å². The number of hydrogen-bond acceptors (Lipinski definition) is 2. The van der Waals surface area contributed by atoms with E-state index in [1.165, 1.54) is 0 Å². The molecule has 92 valence electrons. The van der Waals surface area contributed by atoms with Gasteiger partial charge in [0.2, 0.25) is 0 Å². The molecule has 0 saturated carbocycles. The van der Waals surface area contributed by atoms with E-state index >= 15 is 0 Å². The molecule has 0 aliphatic rings. The highest BCUT2D eigenvalue weighted by atomic mass is 79.9. The average molecular weight is 346 g/mol. The van der Waals surface area contributed by atoms with Crippen molar-refractivity contribution in [2.45, 2.75) is 0 Å². The Morgan fingerprint density at radius 3 is 2.72 bits per heavy atom. The minimum Gasteiger partial charge on any atom is -0.306 e. The maximum atomic E-state index is 12.0. The zero-order valence-electron chi connectivity index (χ0n) is 8.95. The molecule has 0 unspecified atom stereocenters. The molecule has 6 heteroatoms. The number of nitrogens with zero attached hydrogens (tertiary/aromatic N) is 1. The van der Waals surface area contributed by atoms with Crippen molar-refractivity contribution in [2.75, 3.05) is 5.32 Å². The smallest absolute Gasteiger partial charge is 0.258 e. The van der Waals surface area contributed by atoms with Crippen molar-refractivity contribution in [3.63, 3.8) is 0 Å². The third-order valence-electron chi connectivity index (χ3n) is 2.13. The van der Waals surface area contributed by atoms with Crippen molar-refractivity contribution < 1.29 is 4.79 Å². The third-order valence-corrected chi connectivity index (χ3v) is 3.16. The number of carbonyl (C=O) groups excluding carboxylic acids is 1. The maximum absolute atomic E-state index is 12.0. The van der Waals surface area contributed by atoms with Gasteiger partial charge in [0.25, 0.3) is 5.91 Å². The average Bonchev–Trinajstić information content (AvgIpc) is 2.32. The van der Waals surface area contributed by atoms with Gasteiger partial charge in [-0.15, -0.1) is 0 Å². The van der Waals surface area contributed by atoms with Crippen LogP contribution in [0.1, 0.15) is 10.4 Å². The summed E-state index contributed by atoms with van der Waals surface area (Å²) in [6.07, 6.45) is 0. The lowest BCUT2D eigenvalue weighted by atomic mass is 10.2. The van der Waals surface area contributed by atoms with Crippen LogP contribution in [0.4, 0.5) is 5.82 Å². The highest BCUT2D eigenvalue weighted by molar-refractivity contribution is 9.10. The van der Waals surface area contributed by atoms with E-state index < -0.39 is 0 Å². The molecule has 0 radical (unpaired) electrons. The van der Waals surface area contributed by atoms with Crippen LogP contribution in [0, 0.1) is 0 Å². The summed E-state index contributed by atoms with van der Waals surface area (Å²) in [7, 11) is 0. The van der Waals surface area contributed by atoms with E-state index in [0.29, 0.717) is 21.6 Å². The van der Waals surface area contributed by atoms with Gasteiger partial charge in [-0.1, -0.05) is 45.2 Å². The number of rotatable bonds is 2. The number of amides is 1. The van der Waals surface area contributed by atoms with Crippen LogP contribution in [0.3, 0.4) is 0 Å². The number of nitrogens with one attached hydrogen (secondary N) is 1. The van der Waals surface area contributed by atoms with Gasteiger partial charge in [-0.25, -0.2) is 4.98 Å². The molecule has 1 aromatic carbocycles. The number of pyridine rings is 1. The van der Waals surface area contributed by atoms with Gasteiger partial charge in [-0.05, 0) is 30.3 Å². The first-order chi connectivity index (χ1) is 8.56. The molecular formula is C12H7BrCl2N2O. The number of halogens is 3. The number of hydrogen-bond donors (Lipinski definition) is 1. The summed E-state index contributed by atoms with van der Waals surface area (Å²) < 4.78 is 0.774. The fraction of sp³-hybridized carbons (Fsp3) is 0. The highest BCUT2D eigenvalue weighted by Crippen LogP contribution is 2.22. The Labute approximate surface area is 122 Å². The summed E-state index contributed by atoms with van der Waals surface area (Å²) in [6, 6.07) is 10.0. The highest BCUT2D eigenvalue weighted by Gasteiger charge is 2.11. The van der Waals surface area contributed by atoms with Crippen LogP contribution < -0.4 is 5.32 Å². The summed E-state index contributed by atoms with van der Waals surface area (Å²) in [6.45, 7) is 0. The molecule has 0 atom stereocenters. The zero-order valence-corrected chi connectivity index (χ0v) is 12.1. The predicted octanol–water partition coefficient (Wildman–Crippen LogP) is 4.40. The standard InChI is InChI=1S/C12H7BrCl2N2O/c13-7-4-5-9(14)8(6-7)12(18)17-11-3-1-2-10(15)16-11/h1-6H,(H,16,17,18). The molecule has 0 fully saturated rings. The predicted molar refractivity (Wildman–Crippen MR) is 76.4 cm³/mol. The van der Waals surface area contributed by atoms with Gasteiger partial charge < -0.3 is 5.32 Å². The molecule has 1 aromatic heterocycles. The van der Waals surface area contributed by atoms with E-state index in [2.05, 4.69) is 26.2 Å². The molecule has 3 nitrogen and oxygen atoms in total. The molecule has 18 heavy (non-hydrogen) atoms. The number of carbonyl (C=O) groups is 1. The fourth-order valence-electron chi connectivity index (χ4n) is 1.33. The Bertz CT molecular complexity index is 604. The van der Waals surface area contributed by atoms with Crippen LogP contribution in [0.2, 0.25) is 10.2 Å². The second-order valence-electron chi connectivity index (χ2n) is 3.42. The first-order valence-corrected chi connectivity index (χ1v) is 6.50. The minimum atomic E-state index is -0.337. The normalized spacial score (nSPS) is 10.2. The molecule has 1 N–H and O–H groups in total. The van der Waals surface area contributed by atoms with Gasteiger partial charge in [0.1, 0.15) is 11.0 Å². The molecular weight excluding hydrogens is 339 g/mol. The van der Waals surface area contributed by atoms with Gasteiger partial charge >= 0.3 is 0 Å². The molecule has 1 heterocycles. The first kappa shape index (κ1) is 13.3. The van der Waals surface area contributed by atoms with Gasteiger partial charge in [0, 0.05) is 4.47 Å². The van der Waals surface area contributed by atoms with Crippen molar-refractivity contribution in [3.8, 4) is 0 Å². The SMILES string of the molecule is O=C(Nc1cccc(Cl)n1)c1cc(Br)ccc1Cl. The van der Waals surface area contributed by atoms with Crippen molar-refractivity contribution in [3.05, 3.63) is 56.6 Å². The Balaban J connectivity index is 2.24. The van der Waals surface area contributed by atoms with E-state index in [1.54, 1.807) is 36.4 Å². The van der Waals surface area contributed by atoms with Crippen LogP contribution in [-0.2, 0) is 0 Å². The van der Waals surface area contributed by atoms with Gasteiger partial charge in [0.15, 0.2) is 0 Å². The summed E-state index contributed by atoms with van der Waals surface area (Å²) in [5, 5.41) is 3.31. The first-order valence-electron chi connectivity index (χ1n) is 4.95. The Hall–Kier alpha value is -1.10. The quantitative estimate of drug-likeness (QED) is 0.819. The Morgan fingerprint density at radius 1 is 1.22 bits per heavy atom. The van der Waals surface area contributed by atoms with Crippen LogP contribution >= 0.6 is 39.1 Å². The minimum absolute atomic E-state index is 0.313. The van der Waals surface area contributed by atoms with E-state index in [0.717, 1.165) is 4.47 Å². The molecule has 0 bridgehead atoms. The topological polar surface area (TPSA) is 42.0 Å². The maximum Gasteiger partial charge on any atom is 0.258 e. The number of benzene rings is 1.